The molecule has 1 atom stereocenters. The first kappa shape index (κ1) is 16.6. The number of thioether (sulfide) groups is 1. The highest BCUT2D eigenvalue weighted by molar-refractivity contribution is 7.98. The van der Waals surface area contributed by atoms with E-state index in [1.54, 1.807) is 11.8 Å². The summed E-state index contributed by atoms with van der Waals surface area (Å²) >= 11 is 1.67. The Morgan fingerprint density at radius 1 is 1.00 bits per heavy atom. The summed E-state index contributed by atoms with van der Waals surface area (Å²) in [5, 5.41) is 2.77. The van der Waals surface area contributed by atoms with Crippen molar-refractivity contribution in [2.24, 2.45) is 0 Å². The van der Waals surface area contributed by atoms with Crippen molar-refractivity contribution in [2.45, 2.75) is 19.0 Å². The Kier molecular flexibility index (Phi) is 5.20. The number of benzene rings is 2. The third-order valence-corrected chi connectivity index (χ3v) is 4.76. The van der Waals surface area contributed by atoms with Gasteiger partial charge in [-0.1, -0.05) is 54.6 Å². The summed E-state index contributed by atoms with van der Waals surface area (Å²) in [5.74, 6) is 0.734. The number of nitrogens with zero attached hydrogens (tertiary/aromatic N) is 1. The predicted octanol–water partition coefficient (Wildman–Crippen LogP) is 3.53. The first-order valence-corrected chi connectivity index (χ1v) is 9.33. The average Bonchev–Trinajstić information content (AvgIpc) is 2.89. The van der Waals surface area contributed by atoms with E-state index in [2.05, 4.69) is 17.4 Å². The number of nitrogens with one attached hydrogen (secondary N) is 1. The van der Waals surface area contributed by atoms with Gasteiger partial charge in [0.15, 0.2) is 0 Å². The number of carbonyl (C=O) groups excluding carboxylic acids is 2. The molecule has 1 saturated heterocycles. The zero-order chi connectivity index (χ0) is 16.9. The van der Waals surface area contributed by atoms with Crippen LogP contribution in [0.15, 0.2) is 54.6 Å². The molecule has 0 bridgehead atoms. The van der Waals surface area contributed by atoms with E-state index < -0.39 is 0 Å². The first-order chi connectivity index (χ1) is 11.7. The number of urea groups is 1. The number of rotatable bonds is 6. The van der Waals surface area contributed by atoms with Crippen LogP contribution in [0.5, 0.6) is 0 Å². The minimum Gasteiger partial charge on any atom is -0.326 e. The average molecular weight is 340 g/mol. The van der Waals surface area contributed by atoms with Crippen molar-refractivity contribution in [2.75, 3.05) is 12.0 Å². The van der Waals surface area contributed by atoms with Crippen LogP contribution in [0.2, 0.25) is 0 Å². The Morgan fingerprint density at radius 3 is 2.33 bits per heavy atom. The largest absolute Gasteiger partial charge is 0.326 e. The van der Waals surface area contributed by atoms with Gasteiger partial charge in [0.1, 0.15) is 6.04 Å². The second kappa shape index (κ2) is 7.53. The van der Waals surface area contributed by atoms with E-state index in [1.807, 2.05) is 48.7 Å². The molecule has 0 aromatic heterocycles. The lowest BCUT2D eigenvalue weighted by Gasteiger charge is -2.13. The van der Waals surface area contributed by atoms with Crippen LogP contribution in [0.3, 0.4) is 0 Å². The SMILES string of the molecule is CSCC[C@@H]1NC(=O)N(Cc2ccc(-c3ccccc3)cc2)C1=O. The standard InChI is InChI=1S/C19H20N2O2S/c1-24-12-11-17-18(22)21(19(23)20-17)13-14-7-9-16(10-8-14)15-5-3-2-4-6-15/h2-10,17H,11-13H2,1H3,(H,20,23)/t17-/m0/s1. The minimum absolute atomic E-state index is 0.124. The molecule has 124 valence electrons. The van der Waals surface area contributed by atoms with Crippen molar-refractivity contribution in [1.29, 1.82) is 0 Å². The Balaban J connectivity index is 1.68. The van der Waals surface area contributed by atoms with Crippen LogP contribution >= 0.6 is 11.8 Å². The van der Waals surface area contributed by atoms with Gasteiger partial charge in [-0.25, -0.2) is 4.79 Å². The second-order valence-corrected chi connectivity index (χ2v) is 6.76. The van der Waals surface area contributed by atoms with Gasteiger partial charge in [-0.2, -0.15) is 11.8 Å². The molecule has 1 N–H and O–H groups in total. The van der Waals surface area contributed by atoms with Crippen LogP contribution in [0.25, 0.3) is 11.1 Å². The zero-order valence-corrected chi connectivity index (χ0v) is 14.4. The van der Waals surface area contributed by atoms with Crippen molar-refractivity contribution >= 4 is 23.7 Å². The van der Waals surface area contributed by atoms with E-state index in [0.717, 1.165) is 22.4 Å². The maximum atomic E-state index is 12.3. The highest BCUT2D eigenvalue weighted by Gasteiger charge is 2.37. The molecule has 0 saturated carbocycles. The summed E-state index contributed by atoms with van der Waals surface area (Å²) in [4.78, 5) is 25.7. The molecule has 0 spiro atoms. The predicted molar refractivity (Wildman–Crippen MR) is 97.7 cm³/mol. The molecular weight excluding hydrogens is 320 g/mol. The third kappa shape index (κ3) is 3.62. The van der Waals surface area contributed by atoms with Gasteiger partial charge < -0.3 is 5.32 Å². The van der Waals surface area contributed by atoms with Crippen molar-refractivity contribution in [3.05, 3.63) is 60.2 Å². The van der Waals surface area contributed by atoms with E-state index in [4.69, 9.17) is 0 Å². The van der Waals surface area contributed by atoms with Gasteiger partial charge in [0, 0.05) is 0 Å². The molecule has 1 fully saturated rings. The van der Waals surface area contributed by atoms with E-state index >= 15 is 0 Å². The van der Waals surface area contributed by atoms with Gasteiger partial charge in [-0.15, -0.1) is 0 Å². The molecule has 1 aliphatic rings. The molecule has 4 nitrogen and oxygen atoms in total. The number of hydrogen-bond acceptors (Lipinski definition) is 3. The summed E-state index contributed by atoms with van der Waals surface area (Å²) in [7, 11) is 0. The number of amides is 3. The lowest BCUT2D eigenvalue weighted by Crippen LogP contribution is -2.31. The molecule has 1 aliphatic heterocycles. The van der Waals surface area contributed by atoms with E-state index in [1.165, 1.54) is 4.90 Å². The molecule has 0 radical (unpaired) electrons. The van der Waals surface area contributed by atoms with E-state index in [0.29, 0.717) is 13.0 Å². The van der Waals surface area contributed by atoms with Gasteiger partial charge in [-0.05, 0) is 35.1 Å². The van der Waals surface area contributed by atoms with Crippen molar-refractivity contribution in [1.82, 2.24) is 10.2 Å². The lowest BCUT2D eigenvalue weighted by atomic mass is 10.0. The number of hydrogen-bond donors (Lipinski definition) is 1. The van der Waals surface area contributed by atoms with Crippen molar-refractivity contribution < 1.29 is 9.59 Å². The maximum absolute atomic E-state index is 12.3. The van der Waals surface area contributed by atoms with Gasteiger partial charge in [0.2, 0.25) is 0 Å². The summed E-state index contributed by atoms with van der Waals surface area (Å²) in [6.07, 6.45) is 2.67. The van der Waals surface area contributed by atoms with Crippen LogP contribution in [0, 0.1) is 0 Å². The quantitative estimate of drug-likeness (QED) is 0.819. The molecule has 3 rings (SSSR count). The van der Waals surface area contributed by atoms with Crippen LogP contribution < -0.4 is 5.32 Å². The van der Waals surface area contributed by atoms with Gasteiger partial charge in [0.25, 0.3) is 5.91 Å². The molecule has 0 unspecified atom stereocenters. The van der Waals surface area contributed by atoms with Gasteiger partial charge in [-0.3, -0.25) is 9.69 Å². The Bertz CT molecular complexity index is 716. The fourth-order valence-corrected chi connectivity index (χ4v) is 3.25. The van der Waals surface area contributed by atoms with Crippen LogP contribution in [-0.4, -0.2) is 34.9 Å². The lowest BCUT2D eigenvalue weighted by molar-refractivity contribution is -0.127. The molecule has 1 heterocycles. The molecule has 24 heavy (non-hydrogen) atoms. The molecule has 2 aromatic rings. The third-order valence-electron chi connectivity index (χ3n) is 4.12. The monoisotopic (exact) mass is 340 g/mol. The first-order valence-electron chi connectivity index (χ1n) is 7.94. The molecule has 2 aromatic carbocycles. The minimum atomic E-state index is -0.381. The summed E-state index contributed by atoms with van der Waals surface area (Å²) < 4.78 is 0. The molecular formula is C19H20N2O2S. The Labute approximate surface area is 146 Å². The van der Waals surface area contributed by atoms with Crippen LogP contribution in [0.1, 0.15) is 12.0 Å². The fourth-order valence-electron chi connectivity index (χ4n) is 2.77. The normalized spacial score (nSPS) is 17.2. The number of imide groups is 1. The van der Waals surface area contributed by atoms with Gasteiger partial charge in [0.05, 0.1) is 6.54 Å². The summed E-state index contributed by atoms with van der Waals surface area (Å²) in [6.45, 7) is 0.315. The number of carbonyl (C=O) groups is 2. The van der Waals surface area contributed by atoms with E-state index in [9.17, 15) is 9.59 Å². The Morgan fingerprint density at radius 2 is 1.67 bits per heavy atom. The highest BCUT2D eigenvalue weighted by Crippen LogP contribution is 2.21. The molecule has 5 heteroatoms. The van der Waals surface area contributed by atoms with Crippen LogP contribution in [-0.2, 0) is 11.3 Å². The second-order valence-electron chi connectivity index (χ2n) is 5.77. The van der Waals surface area contributed by atoms with Gasteiger partial charge >= 0.3 is 6.03 Å². The summed E-state index contributed by atoms with van der Waals surface area (Å²) in [5.41, 5.74) is 3.22. The Hall–Kier alpha value is -2.27. The topological polar surface area (TPSA) is 49.4 Å². The maximum Gasteiger partial charge on any atom is 0.325 e. The van der Waals surface area contributed by atoms with E-state index in [-0.39, 0.29) is 18.0 Å². The van der Waals surface area contributed by atoms with Crippen molar-refractivity contribution in [3.63, 3.8) is 0 Å². The molecule has 0 aliphatic carbocycles. The van der Waals surface area contributed by atoms with Crippen molar-refractivity contribution in [3.8, 4) is 11.1 Å². The molecule has 3 amide bonds. The fraction of sp³-hybridized carbons (Fsp3) is 0.263. The summed E-state index contributed by atoms with van der Waals surface area (Å²) in [6, 6.07) is 17.4. The highest BCUT2D eigenvalue weighted by atomic mass is 32.2. The van der Waals surface area contributed by atoms with Crippen LogP contribution in [0.4, 0.5) is 4.79 Å². The smallest absolute Gasteiger partial charge is 0.325 e. The zero-order valence-electron chi connectivity index (χ0n) is 13.6.